The van der Waals surface area contributed by atoms with Crippen LogP contribution in [0.25, 0.3) is 22.2 Å². The molecule has 2 aliphatic heterocycles. The van der Waals surface area contributed by atoms with E-state index in [4.69, 9.17) is 9.84 Å². The quantitative estimate of drug-likeness (QED) is 0.766. The third-order valence-electron chi connectivity index (χ3n) is 5.55. The van der Waals surface area contributed by atoms with E-state index >= 15 is 0 Å². The summed E-state index contributed by atoms with van der Waals surface area (Å²) in [4.78, 5) is 4.59. The lowest BCUT2D eigenvalue weighted by molar-refractivity contribution is 0.415. The van der Waals surface area contributed by atoms with Gasteiger partial charge < -0.3 is 10.1 Å². The van der Waals surface area contributed by atoms with Crippen molar-refractivity contribution in [3.8, 4) is 17.0 Å². The Morgan fingerprint density at radius 3 is 2.92 bits per heavy atom. The van der Waals surface area contributed by atoms with Crippen molar-refractivity contribution >= 4 is 23.3 Å². The van der Waals surface area contributed by atoms with Crippen LogP contribution in [0.15, 0.2) is 36.5 Å². The minimum absolute atomic E-state index is 0. The van der Waals surface area contributed by atoms with Crippen LogP contribution in [0.3, 0.4) is 0 Å². The fourth-order valence-corrected chi connectivity index (χ4v) is 4.16. The zero-order valence-electron chi connectivity index (χ0n) is 14.2. The summed E-state index contributed by atoms with van der Waals surface area (Å²) in [6.45, 7) is 3.20. The Hall–Kier alpha value is -2.11. The van der Waals surface area contributed by atoms with Gasteiger partial charge in [0, 0.05) is 41.3 Å². The van der Waals surface area contributed by atoms with Gasteiger partial charge in [0.15, 0.2) is 0 Å². The molecule has 6 heteroatoms. The van der Waals surface area contributed by atoms with Crippen LogP contribution < -0.4 is 10.1 Å². The number of nitrogens with one attached hydrogen (secondary N) is 1. The van der Waals surface area contributed by atoms with Crippen LogP contribution in [0.4, 0.5) is 0 Å². The summed E-state index contributed by atoms with van der Waals surface area (Å²) in [5, 5.41) is 9.44. The van der Waals surface area contributed by atoms with Gasteiger partial charge >= 0.3 is 0 Å². The number of ether oxygens (including phenoxy) is 1. The highest BCUT2D eigenvalue weighted by Crippen LogP contribution is 2.41. The number of rotatable bonds is 2. The van der Waals surface area contributed by atoms with Gasteiger partial charge in [-0.25, -0.2) is 0 Å². The first-order chi connectivity index (χ1) is 11.8. The van der Waals surface area contributed by atoms with Crippen LogP contribution in [-0.4, -0.2) is 35.0 Å². The van der Waals surface area contributed by atoms with Crippen molar-refractivity contribution < 1.29 is 4.74 Å². The number of benzene rings is 1. The molecule has 2 aromatic heterocycles. The number of aryl methyl sites for hydroxylation is 1. The molecule has 1 aromatic carbocycles. The monoisotopic (exact) mass is 356 g/mol. The largest absolute Gasteiger partial charge is 0.497 e. The molecule has 1 N–H and O–H groups in total. The maximum absolute atomic E-state index is 5.33. The first kappa shape index (κ1) is 16.4. The summed E-state index contributed by atoms with van der Waals surface area (Å²) in [6, 6.07) is 10.4. The van der Waals surface area contributed by atoms with Crippen LogP contribution in [0.2, 0.25) is 0 Å². The second-order valence-corrected chi connectivity index (χ2v) is 6.88. The fraction of sp³-hybridized carbons (Fsp3) is 0.368. The van der Waals surface area contributed by atoms with Crippen LogP contribution in [0.1, 0.15) is 18.5 Å². The SMILES string of the molecule is COc1ccc2ncc(-c3cc4n(n3)CCC43CCNC3)cc2c1.Cl. The van der Waals surface area contributed by atoms with E-state index < -0.39 is 0 Å². The van der Waals surface area contributed by atoms with E-state index in [1.807, 2.05) is 24.4 Å². The van der Waals surface area contributed by atoms with Gasteiger partial charge in [0.25, 0.3) is 0 Å². The molecular formula is C19H21ClN4O. The normalized spacial score (nSPS) is 21.5. The summed E-state index contributed by atoms with van der Waals surface area (Å²) >= 11 is 0. The molecule has 5 nitrogen and oxygen atoms in total. The Balaban J connectivity index is 0.00000157. The Morgan fingerprint density at radius 2 is 2.12 bits per heavy atom. The Kier molecular flexibility index (Phi) is 3.93. The van der Waals surface area contributed by atoms with Crippen LogP contribution in [0.5, 0.6) is 5.75 Å². The van der Waals surface area contributed by atoms with Gasteiger partial charge in [0.2, 0.25) is 0 Å². The molecule has 5 rings (SSSR count). The molecule has 1 fully saturated rings. The second-order valence-electron chi connectivity index (χ2n) is 6.88. The number of aromatic nitrogens is 3. The van der Waals surface area contributed by atoms with Crippen molar-refractivity contribution in [3.63, 3.8) is 0 Å². The average molecular weight is 357 g/mol. The van der Waals surface area contributed by atoms with Crippen LogP contribution in [0, 0.1) is 0 Å². The average Bonchev–Trinajstić information content (AvgIpc) is 3.33. The molecule has 1 atom stereocenters. The predicted molar refractivity (Wildman–Crippen MR) is 101 cm³/mol. The van der Waals surface area contributed by atoms with Crippen molar-refractivity contribution in [2.75, 3.05) is 20.2 Å². The highest BCUT2D eigenvalue weighted by Gasteiger charge is 2.42. The van der Waals surface area contributed by atoms with Crippen LogP contribution in [-0.2, 0) is 12.0 Å². The van der Waals surface area contributed by atoms with E-state index in [2.05, 4.69) is 27.1 Å². The Labute approximate surface area is 152 Å². The molecule has 130 valence electrons. The van der Waals surface area contributed by atoms with E-state index in [9.17, 15) is 0 Å². The summed E-state index contributed by atoms with van der Waals surface area (Å²) in [7, 11) is 1.69. The summed E-state index contributed by atoms with van der Waals surface area (Å²) in [5.74, 6) is 0.852. The van der Waals surface area contributed by atoms with Gasteiger partial charge in [-0.3, -0.25) is 9.67 Å². The third kappa shape index (κ3) is 2.50. The van der Waals surface area contributed by atoms with Gasteiger partial charge in [-0.1, -0.05) is 0 Å². The molecule has 3 aromatic rings. The summed E-state index contributed by atoms with van der Waals surface area (Å²) < 4.78 is 7.52. The molecule has 2 aliphatic rings. The number of hydrogen-bond donors (Lipinski definition) is 1. The zero-order valence-corrected chi connectivity index (χ0v) is 15.0. The molecule has 4 heterocycles. The molecule has 0 aliphatic carbocycles. The molecule has 0 radical (unpaired) electrons. The molecule has 0 amide bonds. The second kappa shape index (κ2) is 6.00. The molecule has 1 unspecified atom stereocenters. The van der Waals surface area contributed by atoms with Gasteiger partial charge in [-0.15, -0.1) is 12.4 Å². The maximum atomic E-state index is 5.33. The first-order valence-corrected chi connectivity index (χ1v) is 8.51. The highest BCUT2D eigenvalue weighted by atomic mass is 35.5. The lowest BCUT2D eigenvalue weighted by atomic mass is 9.82. The van der Waals surface area contributed by atoms with E-state index in [1.165, 1.54) is 18.5 Å². The van der Waals surface area contributed by atoms with E-state index in [0.717, 1.165) is 47.5 Å². The fourth-order valence-electron chi connectivity index (χ4n) is 4.16. The van der Waals surface area contributed by atoms with Crippen molar-refractivity contribution in [2.45, 2.75) is 24.8 Å². The summed E-state index contributed by atoms with van der Waals surface area (Å²) in [5.41, 5.74) is 4.74. The molecule has 1 spiro atoms. The van der Waals surface area contributed by atoms with Gasteiger partial charge in [-0.2, -0.15) is 5.10 Å². The van der Waals surface area contributed by atoms with E-state index in [1.54, 1.807) is 7.11 Å². The molecule has 25 heavy (non-hydrogen) atoms. The van der Waals surface area contributed by atoms with Crippen molar-refractivity contribution in [3.05, 3.63) is 42.2 Å². The number of nitrogens with zero attached hydrogens (tertiary/aromatic N) is 3. The molecule has 0 bridgehead atoms. The molecule has 0 saturated carbocycles. The number of hydrogen-bond acceptors (Lipinski definition) is 4. The van der Waals surface area contributed by atoms with Gasteiger partial charge in [0.1, 0.15) is 5.75 Å². The number of halogens is 1. The minimum Gasteiger partial charge on any atom is -0.497 e. The Bertz CT molecular complexity index is 930. The lowest BCUT2D eigenvalue weighted by Crippen LogP contribution is -2.25. The van der Waals surface area contributed by atoms with Crippen molar-refractivity contribution in [2.24, 2.45) is 0 Å². The number of methoxy groups -OCH3 is 1. The third-order valence-corrected chi connectivity index (χ3v) is 5.55. The first-order valence-electron chi connectivity index (χ1n) is 8.51. The Morgan fingerprint density at radius 1 is 1.20 bits per heavy atom. The predicted octanol–water partition coefficient (Wildman–Crippen LogP) is 3.16. The van der Waals surface area contributed by atoms with Gasteiger partial charge in [0.05, 0.1) is 18.3 Å². The lowest BCUT2D eigenvalue weighted by Gasteiger charge is -2.20. The standard InChI is InChI=1S/C19H20N4O.ClH/c1-24-15-2-3-16-13(9-15)8-14(11-21-16)17-10-18-19(4-6-20-12-19)5-7-23(18)22-17;/h2-3,8-11,20H,4-7,12H2,1H3;1H. The van der Waals surface area contributed by atoms with Crippen molar-refractivity contribution in [1.82, 2.24) is 20.1 Å². The highest BCUT2D eigenvalue weighted by molar-refractivity contribution is 5.85. The van der Waals surface area contributed by atoms with Crippen molar-refractivity contribution in [1.29, 1.82) is 0 Å². The van der Waals surface area contributed by atoms with Gasteiger partial charge in [-0.05, 0) is 49.7 Å². The zero-order chi connectivity index (χ0) is 16.1. The number of pyridine rings is 1. The molecule has 1 saturated heterocycles. The topological polar surface area (TPSA) is 52.0 Å². The summed E-state index contributed by atoms with van der Waals surface area (Å²) in [6.07, 6.45) is 4.34. The van der Waals surface area contributed by atoms with E-state index in [0.29, 0.717) is 5.41 Å². The molecular weight excluding hydrogens is 336 g/mol. The maximum Gasteiger partial charge on any atom is 0.119 e. The number of fused-ring (bicyclic) bond motifs is 3. The van der Waals surface area contributed by atoms with E-state index in [-0.39, 0.29) is 12.4 Å². The van der Waals surface area contributed by atoms with Crippen LogP contribution >= 0.6 is 12.4 Å². The smallest absolute Gasteiger partial charge is 0.119 e. The minimum atomic E-state index is 0.